The van der Waals surface area contributed by atoms with E-state index in [-0.39, 0.29) is 0 Å². The molecule has 2 aromatic rings. The molecule has 1 aromatic carbocycles. The molecule has 0 bridgehead atoms. The molecule has 1 aliphatic heterocycles. The molecule has 0 radical (unpaired) electrons. The van der Waals surface area contributed by atoms with Gasteiger partial charge in [-0.3, -0.25) is 0 Å². The molecule has 1 unspecified atom stereocenters. The minimum Gasteiger partial charge on any atom is -0.365 e. The standard InChI is InChI=1S/C14H17N3S/c1-10-12-6-2-3-7-13(12)14(17-16-10)15-11-5-4-8-18-9-11/h2-3,6-7,11H,4-5,8-9H2,1H3,(H,15,17). The molecule has 18 heavy (non-hydrogen) atoms. The number of hydrogen-bond donors (Lipinski definition) is 1. The van der Waals surface area contributed by atoms with Crippen molar-refractivity contribution < 1.29 is 0 Å². The van der Waals surface area contributed by atoms with Gasteiger partial charge in [-0.1, -0.05) is 24.3 Å². The van der Waals surface area contributed by atoms with E-state index in [2.05, 4.69) is 39.8 Å². The average Bonchev–Trinajstić information content (AvgIpc) is 2.44. The minimum absolute atomic E-state index is 0.532. The van der Waals surface area contributed by atoms with Crippen LogP contribution in [0, 0.1) is 6.92 Å². The number of aromatic nitrogens is 2. The monoisotopic (exact) mass is 259 g/mol. The van der Waals surface area contributed by atoms with Crippen LogP contribution in [-0.4, -0.2) is 27.7 Å². The Morgan fingerprint density at radius 2 is 2.06 bits per heavy atom. The molecule has 0 saturated carbocycles. The van der Waals surface area contributed by atoms with Gasteiger partial charge in [-0.05, 0) is 25.5 Å². The second kappa shape index (κ2) is 5.14. The Balaban J connectivity index is 1.94. The van der Waals surface area contributed by atoms with Crippen molar-refractivity contribution in [2.75, 3.05) is 16.8 Å². The first kappa shape index (κ1) is 11.8. The van der Waals surface area contributed by atoms with E-state index in [1.807, 2.05) is 18.7 Å². The fraction of sp³-hybridized carbons (Fsp3) is 0.429. The Kier molecular flexibility index (Phi) is 3.37. The van der Waals surface area contributed by atoms with Crippen LogP contribution in [-0.2, 0) is 0 Å². The Labute approximate surface area is 111 Å². The van der Waals surface area contributed by atoms with Crippen LogP contribution >= 0.6 is 11.8 Å². The second-order valence-corrected chi connectivity index (χ2v) is 5.89. The van der Waals surface area contributed by atoms with Crippen molar-refractivity contribution in [2.45, 2.75) is 25.8 Å². The number of thioether (sulfide) groups is 1. The smallest absolute Gasteiger partial charge is 0.156 e. The maximum Gasteiger partial charge on any atom is 0.156 e. The van der Waals surface area contributed by atoms with Crippen LogP contribution in [0.2, 0.25) is 0 Å². The topological polar surface area (TPSA) is 37.8 Å². The third-order valence-corrected chi connectivity index (χ3v) is 4.59. The summed E-state index contributed by atoms with van der Waals surface area (Å²) in [5.74, 6) is 3.39. The molecule has 3 nitrogen and oxygen atoms in total. The zero-order chi connectivity index (χ0) is 12.4. The van der Waals surface area contributed by atoms with E-state index < -0.39 is 0 Å². The number of nitrogens with one attached hydrogen (secondary N) is 1. The molecule has 0 spiro atoms. The number of hydrogen-bond acceptors (Lipinski definition) is 4. The van der Waals surface area contributed by atoms with Gasteiger partial charge in [0.25, 0.3) is 0 Å². The highest BCUT2D eigenvalue weighted by atomic mass is 32.2. The Bertz CT molecular complexity index is 550. The van der Waals surface area contributed by atoms with Gasteiger partial charge in [0.2, 0.25) is 0 Å². The van der Waals surface area contributed by atoms with Gasteiger partial charge in [0.15, 0.2) is 5.82 Å². The van der Waals surface area contributed by atoms with E-state index >= 15 is 0 Å². The Morgan fingerprint density at radius 3 is 2.83 bits per heavy atom. The Morgan fingerprint density at radius 1 is 1.22 bits per heavy atom. The Hall–Kier alpha value is -1.29. The van der Waals surface area contributed by atoms with Crippen molar-refractivity contribution in [3.63, 3.8) is 0 Å². The molecule has 1 aromatic heterocycles. The average molecular weight is 259 g/mol. The van der Waals surface area contributed by atoms with Crippen molar-refractivity contribution in [1.82, 2.24) is 10.2 Å². The van der Waals surface area contributed by atoms with Gasteiger partial charge >= 0.3 is 0 Å². The van der Waals surface area contributed by atoms with Gasteiger partial charge in [0.1, 0.15) is 0 Å². The summed E-state index contributed by atoms with van der Waals surface area (Å²) in [5.41, 5.74) is 0.995. The summed E-state index contributed by atoms with van der Waals surface area (Å²) in [5, 5.41) is 14.5. The lowest BCUT2D eigenvalue weighted by molar-refractivity contribution is 0.681. The number of anilines is 1. The van der Waals surface area contributed by atoms with Crippen molar-refractivity contribution in [3.05, 3.63) is 30.0 Å². The summed E-state index contributed by atoms with van der Waals surface area (Å²) in [6, 6.07) is 8.88. The van der Waals surface area contributed by atoms with E-state index in [1.165, 1.54) is 35.1 Å². The van der Waals surface area contributed by atoms with Crippen LogP contribution in [0.15, 0.2) is 24.3 Å². The largest absolute Gasteiger partial charge is 0.365 e. The van der Waals surface area contributed by atoms with Crippen molar-refractivity contribution in [3.8, 4) is 0 Å². The van der Waals surface area contributed by atoms with Crippen molar-refractivity contribution >= 4 is 28.4 Å². The molecule has 0 amide bonds. The predicted molar refractivity (Wildman–Crippen MR) is 78.2 cm³/mol. The van der Waals surface area contributed by atoms with Gasteiger partial charge in [-0.2, -0.15) is 16.9 Å². The third kappa shape index (κ3) is 2.29. The summed E-state index contributed by atoms with van der Waals surface area (Å²) in [7, 11) is 0. The predicted octanol–water partition coefficient (Wildman–Crippen LogP) is 3.25. The third-order valence-electron chi connectivity index (χ3n) is 3.37. The molecular weight excluding hydrogens is 242 g/mol. The van der Waals surface area contributed by atoms with Crippen LogP contribution in [0.3, 0.4) is 0 Å². The molecule has 94 valence electrons. The maximum absolute atomic E-state index is 4.33. The molecule has 2 heterocycles. The van der Waals surface area contributed by atoms with Gasteiger partial charge < -0.3 is 5.32 Å². The van der Waals surface area contributed by atoms with Crippen molar-refractivity contribution in [1.29, 1.82) is 0 Å². The first-order chi connectivity index (χ1) is 8.84. The van der Waals surface area contributed by atoms with Gasteiger partial charge in [-0.25, -0.2) is 0 Å². The number of rotatable bonds is 2. The zero-order valence-corrected chi connectivity index (χ0v) is 11.3. The summed E-state index contributed by atoms with van der Waals surface area (Å²) < 4.78 is 0. The lowest BCUT2D eigenvalue weighted by atomic mass is 10.1. The number of fused-ring (bicyclic) bond motifs is 1. The summed E-state index contributed by atoms with van der Waals surface area (Å²) >= 11 is 2.02. The zero-order valence-electron chi connectivity index (χ0n) is 10.5. The lowest BCUT2D eigenvalue weighted by Crippen LogP contribution is -2.26. The fourth-order valence-electron chi connectivity index (χ4n) is 2.39. The van der Waals surface area contributed by atoms with Crippen LogP contribution in [0.4, 0.5) is 5.82 Å². The highest BCUT2D eigenvalue weighted by Gasteiger charge is 2.15. The van der Waals surface area contributed by atoms with Crippen LogP contribution in [0.5, 0.6) is 0 Å². The first-order valence-corrected chi connectivity index (χ1v) is 7.56. The summed E-state index contributed by atoms with van der Waals surface area (Å²) in [6.45, 7) is 2.01. The van der Waals surface area contributed by atoms with Gasteiger partial charge in [0, 0.05) is 22.6 Å². The molecule has 0 aliphatic carbocycles. The highest BCUT2D eigenvalue weighted by Crippen LogP contribution is 2.25. The minimum atomic E-state index is 0.532. The molecule has 4 heteroatoms. The summed E-state index contributed by atoms with van der Waals surface area (Å²) in [6.07, 6.45) is 2.52. The fourth-order valence-corrected chi connectivity index (χ4v) is 3.46. The maximum atomic E-state index is 4.33. The number of nitrogens with zero attached hydrogens (tertiary/aromatic N) is 2. The van der Waals surface area contributed by atoms with Crippen LogP contribution in [0.1, 0.15) is 18.5 Å². The molecule has 1 saturated heterocycles. The lowest BCUT2D eigenvalue weighted by Gasteiger charge is -2.23. The van der Waals surface area contributed by atoms with Gasteiger partial charge in [-0.15, -0.1) is 5.10 Å². The van der Waals surface area contributed by atoms with Crippen molar-refractivity contribution in [2.24, 2.45) is 0 Å². The molecule has 1 atom stereocenters. The van der Waals surface area contributed by atoms with E-state index in [0.717, 1.165) is 11.5 Å². The van der Waals surface area contributed by atoms with E-state index in [4.69, 9.17) is 0 Å². The summed E-state index contributed by atoms with van der Waals surface area (Å²) in [4.78, 5) is 0. The highest BCUT2D eigenvalue weighted by molar-refractivity contribution is 7.99. The molecule has 3 rings (SSSR count). The van der Waals surface area contributed by atoms with E-state index in [0.29, 0.717) is 6.04 Å². The van der Waals surface area contributed by atoms with Crippen LogP contribution < -0.4 is 5.32 Å². The normalized spacial score (nSPS) is 19.9. The number of benzene rings is 1. The second-order valence-electron chi connectivity index (χ2n) is 4.74. The van der Waals surface area contributed by atoms with E-state index in [1.54, 1.807) is 0 Å². The molecule has 1 fully saturated rings. The molecule has 1 N–H and O–H groups in total. The van der Waals surface area contributed by atoms with Gasteiger partial charge in [0.05, 0.1) is 5.69 Å². The van der Waals surface area contributed by atoms with E-state index in [9.17, 15) is 0 Å². The number of aryl methyl sites for hydroxylation is 1. The molecular formula is C14H17N3S. The van der Waals surface area contributed by atoms with Crippen LogP contribution in [0.25, 0.3) is 10.8 Å². The first-order valence-electron chi connectivity index (χ1n) is 6.41. The molecule has 1 aliphatic rings. The SMILES string of the molecule is Cc1nnc(NC2CCCSC2)c2ccccc12. The quantitative estimate of drug-likeness (QED) is 0.898.